The van der Waals surface area contributed by atoms with Gasteiger partial charge in [0, 0.05) is 41.6 Å². The Bertz CT molecular complexity index is 1410. The molecular weight excluding hydrogens is 504 g/mol. The molecule has 0 fully saturated rings. The van der Waals surface area contributed by atoms with E-state index in [1.54, 1.807) is 22.7 Å². The molecule has 0 aliphatic rings. The number of amides is 1. The number of aromatic nitrogens is 3. The van der Waals surface area contributed by atoms with E-state index in [0.29, 0.717) is 60.5 Å². The van der Waals surface area contributed by atoms with Gasteiger partial charge >= 0.3 is 0 Å². The van der Waals surface area contributed by atoms with Crippen LogP contribution in [0, 0.1) is 11.6 Å². The predicted molar refractivity (Wildman–Crippen MR) is 138 cm³/mol. The first-order chi connectivity index (χ1) is 18.0. The second kappa shape index (κ2) is 12.0. The van der Waals surface area contributed by atoms with E-state index in [4.69, 9.17) is 21.1 Å². The third kappa shape index (κ3) is 5.65. The van der Waals surface area contributed by atoms with Crippen LogP contribution >= 0.6 is 11.6 Å². The lowest BCUT2D eigenvalue weighted by atomic mass is 10.0. The number of ether oxygens (including phenoxy) is 2. The minimum Gasteiger partial charge on any atom is -0.494 e. The molecule has 0 aliphatic carbocycles. The fourth-order valence-electron chi connectivity index (χ4n) is 3.90. The van der Waals surface area contributed by atoms with Gasteiger partial charge in [-0.05, 0) is 42.3 Å². The molecule has 8 nitrogen and oxygen atoms in total. The number of hydrogen-bond donors (Lipinski definition) is 2. The number of methoxy groups -OCH3 is 1. The summed E-state index contributed by atoms with van der Waals surface area (Å²) in [6.45, 7) is 3.16. The highest BCUT2D eigenvalue weighted by Crippen LogP contribution is 2.31. The number of rotatable bonds is 11. The van der Waals surface area contributed by atoms with Gasteiger partial charge < -0.3 is 20.1 Å². The van der Waals surface area contributed by atoms with Crippen LogP contribution < -0.4 is 15.4 Å². The Balaban J connectivity index is 1.57. The van der Waals surface area contributed by atoms with E-state index >= 15 is 0 Å². The summed E-state index contributed by atoms with van der Waals surface area (Å²) >= 11 is 5.57. The van der Waals surface area contributed by atoms with Crippen LogP contribution in [0.5, 0.6) is 5.75 Å². The Kier molecular flexibility index (Phi) is 8.52. The number of benzene rings is 2. The van der Waals surface area contributed by atoms with Crippen LogP contribution in [0.1, 0.15) is 22.8 Å². The molecule has 2 heterocycles. The van der Waals surface area contributed by atoms with Crippen molar-refractivity contribution in [1.29, 1.82) is 0 Å². The molecule has 2 N–H and O–H groups in total. The molecule has 194 valence electrons. The first-order valence-corrected chi connectivity index (χ1v) is 12.2. The molecule has 0 radical (unpaired) electrons. The topological polar surface area (TPSA) is 89.8 Å². The van der Waals surface area contributed by atoms with Crippen molar-refractivity contribution in [2.45, 2.75) is 13.3 Å². The fraction of sp³-hybridized carbons (Fsp3) is 0.269. The first-order valence-electron chi connectivity index (χ1n) is 11.6. The van der Waals surface area contributed by atoms with Gasteiger partial charge in [-0.2, -0.15) is 4.39 Å². The van der Waals surface area contributed by atoms with E-state index < -0.39 is 11.6 Å². The monoisotopic (exact) mass is 529 g/mol. The van der Waals surface area contributed by atoms with Gasteiger partial charge in [0.05, 0.1) is 32.2 Å². The van der Waals surface area contributed by atoms with Gasteiger partial charge in [-0.15, -0.1) is 11.6 Å². The maximum absolute atomic E-state index is 14.7. The highest BCUT2D eigenvalue weighted by atomic mass is 35.5. The molecule has 0 aliphatic heterocycles. The quantitative estimate of drug-likeness (QED) is 0.210. The largest absolute Gasteiger partial charge is 0.494 e. The fourth-order valence-corrected chi connectivity index (χ4v) is 4.01. The van der Waals surface area contributed by atoms with E-state index in [1.807, 2.05) is 13.0 Å². The minimum atomic E-state index is -1.07. The van der Waals surface area contributed by atoms with Gasteiger partial charge in [0.25, 0.3) is 5.91 Å². The Morgan fingerprint density at radius 1 is 1.14 bits per heavy atom. The highest BCUT2D eigenvalue weighted by molar-refractivity contribution is 6.17. The normalized spacial score (nSPS) is 11.1. The first kappa shape index (κ1) is 26.3. The second-order valence-corrected chi connectivity index (χ2v) is 8.34. The summed E-state index contributed by atoms with van der Waals surface area (Å²) < 4.78 is 40.8. The summed E-state index contributed by atoms with van der Waals surface area (Å²) in [5.41, 5.74) is 2.93. The minimum absolute atomic E-state index is 0.0413. The molecule has 4 rings (SSSR count). The Hall–Kier alpha value is -3.76. The van der Waals surface area contributed by atoms with E-state index in [1.165, 1.54) is 31.6 Å². The Labute approximate surface area is 217 Å². The zero-order chi connectivity index (χ0) is 26.4. The van der Waals surface area contributed by atoms with Crippen LogP contribution in [-0.4, -0.2) is 53.0 Å². The summed E-state index contributed by atoms with van der Waals surface area (Å²) in [6.07, 6.45) is 5.24. The summed E-state index contributed by atoms with van der Waals surface area (Å²) in [7, 11) is 1.28. The molecule has 2 aromatic carbocycles. The zero-order valence-electron chi connectivity index (χ0n) is 20.4. The van der Waals surface area contributed by atoms with E-state index in [9.17, 15) is 13.6 Å². The standard InChI is InChI=1S/C26H26ClF2N5O3/c1-3-16-14-17(4-5-18(16)26(35)31-10-13-37-12-8-27)33-24-25-32-15-20(34(25)11-9-30-24)19-6-7-21(36-2)23(29)22(19)28/h4-7,9,11,14-15H,3,8,10,12-13H2,1-2H3,(H,30,33)(H,31,35). The second-order valence-electron chi connectivity index (χ2n) is 7.96. The number of nitrogens with zero attached hydrogens (tertiary/aromatic N) is 3. The van der Waals surface area contributed by atoms with Crippen molar-refractivity contribution in [3.63, 3.8) is 0 Å². The molecule has 11 heteroatoms. The molecule has 1 amide bonds. The number of carbonyl (C=O) groups is 1. The molecule has 2 aromatic heterocycles. The molecule has 37 heavy (non-hydrogen) atoms. The Morgan fingerprint density at radius 3 is 2.73 bits per heavy atom. The number of anilines is 2. The van der Waals surface area contributed by atoms with Crippen LogP contribution in [0.4, 0.5) is 20.3 Å². The number of carbonyl (C=O) groups excluding carboxylic acids is 1. The molecule has 0 saturated heterocycles. The van der Waals surface area contributed by atoms with Crippen molar-refractivity contribution in [1.82, 2.24) is 19.7 Å². The van der Waals surface area contributed by atoms with Gasteiger partial charge in [-0.3, -0.25) is 9.20 Å². The molecule has 0 bridgehead atoms. The number of halogens is 3. The van der Waals surface area contributed by atoms with Gasteiger partial charge in [0.1, 0.15) is 0 Å². The Morgan fingerprint density at radius 2 is 1.97 bits per heavy atom. The SMILES string of the molecule is CCc1cc(Nc2nccn3c(-c4ccc(OC)c(F)c4F)cnc23)ccc1C(=O)NCCOCCCl. The number of imidazole rings is 1. The number of alkyl halides is 1. The smallest absolute Gasteiger partial charge is 0.251 e. The van der Waals surface area contributed by atoms with Crippen molar-refractivity contribution < 1.29 is 23.0 Å². The molecule has 0 atom stereocenters. The molecule has 0 unspecified atom stereocenters. The number of fused-ring (bicyclic) bond motifs is 1. The summed E-state index contributed by atoms with van der Waals surface area (Å²) in [4.78, 5) is 21.4. The highest BCUT2D eigenvalue weighted by Gasteiger charge is 2.19. The summed E-state index contributed by atoms with van der Waals surface area (Å²) in [5.74, 6) is -1.64. The van der Waals surface area contributed by atoms with Gasteiger partial charge in [0.15, 0.2) is 23.0 Å². The lowest BCUT2D eigenvalue weighted by Crippen LogP contribution is -2.28. The van der Waals surface area contributed by atoms with E-state index in [-0.39, 0.29) is 17.2 Å². The molecular formula is C26H26ClF2N5O3. The number of aryl methyl sites for hydroxylation is 1. The van der Waals surface area contributed by atoms with Gasteiger partial charge in [-0.1, -0.05) is 6.92 Å². The van der Waals surface area contributed by atoms with Crippen LogP contribution in [0.15, 0.2) is 48.9 Å². The van der Waals surface area contributed by atoms with Crippen molar-refractivity contribution in [3.05, 3.63) is 71.7 Å². The van der Waals surface area contributed by atoms with Gasteiger partial charge in [0.2, 0.25) is 5.82 Å². The van der Waals surface area contributed by atoms with Gasteiger partial charge in [-0.25, -0.2) is 14.4 Å². The van der Waals surface area contributed by atoms with Crippen molar-refractivity contribution in [3.8, 4) is 17.0 Å². The lowest BCUT2D eigenvalue weighted by molar-refractivity contribution is 0.0922. The number of nitrogens with one attached hydrogen (secondary N) is 2. The van der Waals surface area contributed by atoms with E-state index in [0.717, 1.165) is 5.56 Å². The third-order valence-corrected chi connectivity index (χ3v) is 5.87. The maximum atomic E-state index is 14.7. The van der Waals surface area contributed by atoms with Crippen molar-refractivity contribution >= 4 is 34.7 Å². The molecule has 4 aromatic rings. The summed E-state index contributed by atoms with van der Waals surface area (Å²) in [6, 6.07) is 8.18. The summed E-state index contributed by atoms with van der Waals surface area (Å²) in [5, 5.41) is 6.06. The maximum Gasteiger partial charge on any atom is 0.251 e. The van der Waals surface area contributed by atoms with Crippen LogP contribution in [0.25, 0.3) is 16.9 Å². The third-order valence-electron chi connectivity index (χ3n) is 5.72. The van der Waals surface area contributed by atoms with Crippen LogP contribution in [0.3, 0.4) is 0 Å². The average molecular weight is 530 g/mol. The zero-order valence-corrected chi connectivity index (χ0v) is 21.1. The molecule has 0 spiro atoms. The average Bonchev–Trinajstić information content (AvgIpc) is 3.35. The van der Waals surface area contributed by atoms with E-state index in [2.05, 4.69) is 20.6 Å². The predicted octanol–water partition coefficient (Wildman–Crippen LogP) is 4.97. The van der Waals surface area contributed by atoms with Crippen LogP contribution in [0.2, 0.25) is 0 Å². The molecule has 0 saturated carbocycles. The number of hydrogen-bond acceptors (Lipinski definition) is 6. The van der Waals surface area contributed by atoms with Crippen molar-refractivity contribution in [2.75, 3.05) is 38.1 Å². The van der Waals surface area contributed by atoms with Crippen LogP contribution in [-0.2, 0) is 11.2 Å². The lowest BCUT2D eigenvalue weighted by Gasteiger charge is -2.13. The van der Waals surface area contributed by atoms with Crippen molar-refractivity contribution in [2.24, 2.45) is 0 Å².